The van der Waals surface area contributed by atoms with Crippen LogP contribution in [0.4, 0.5) is 0 Å². The van der Waals surface area contributed by atoms with E-state index in [-0.39, 0.29) is 5.56 Å². The average Bonchev–Trinajstić information content (AvgIpc) is 3.09. The van der Waals surface area contributed by atoms with Gasteiger partial charge in [0.05, 0.1) is 10.9 Å². The van der Waals surface area contributed by atoms with Gasteiger partial charge in [-0.25, -0.2) is 0 Å². The van der Waals surface area contributed by atoms with Gasteiger partial charge in [0.2, 0.25) is 11.7 Å². The first-order chi connectivity index (χ1) is 12.6. The van der Waals surface area contributed by atoms with E-state index in [1.165, 1.54) is 16.3 Å². The Morgan fingerprint density at radius 3 is 2.58 bits per heavy atom. The summed E-state index contributed by atoms with van der Waals surface area (Å²) in [4.78, 5) is 23.6. The van der Waals surface area contributed by atoms with E-state index < -0.39 is 5.91 Å². The lowest BCUT2D eigenvalue weighted by Crippen LogP contribution is -2.20. The van der Waals surface area contributed by atoms with Crippen LogP contribution in [0, 0.1) is 0 Å². The third kappa shape index (κ3) is 2.64. The average molecular weight is 365 g/mol. The Labute approximate surface area is 152 Å². The van der Waals surface area contributed by atoms with E-state index >= 15 is 0 Å². The Hall–Kier alpha value is -3.13. The molecule has 0 aliphatic carbocycles. The van der Waals surface area contributed by atoms with Gasteiger partial charge in [-0.05, 0) is 29.8 Å². The molecule has 7 nitrogen and oxygen atoms in total. The van der Waals surface area contributed by atoms with Crippen LogP contribution in [-0.2, 0) is 12.8 Å². The topological polar surface area (TPSA) is 95.3 Å². The SMILES string of the molecule is Cn1c(=O)c2ccccc2n2c(SCc3ccc(C(N)=O)cc3)nnc12. The van der Waals surface area contributed by atoms with E-state index in [9.17, 15) is 9.59 Å². The summed E-state index contributed by atoms with van der Waals surface area (Å²) in [6.07, 6.45) is 0. The van der Waals surface area contributed by atoms with E-state index in [4.69, 9.17) is 5.73 Å². The predicted molar refractivity (Wildman–Crippen MR) is 100 cm³/mol. The van der Waals surface area contributed by atoms with Gasteiger partial charge in [0.25, 0.3) is 5.56 Å². The number of nitrogens with two attached hydrogens (primary N) is 1. The summed E-state index contributed by atoms with van der Waals surface area (Å²) in [5.74, 6) is 0.706. The van der Waals surface area contributed by atoms with Crippen LogP contribution >= 0.6 is 11.8 Å². The smallest absolute Gasteiger partial charge is 0.262 e. The fraction of sp³-hybridized carbons (Fsp3) is 0.111. The molecule has 4 rings (SSSR count). The van der Waals surface area contributed by atoms with Crippen LogP contribution in [0.5, 0.6) is 0 Å². The minimum atomic E-state index is -0.444. The zero-order valence-corrected chi connectivity index (χ0v) is 14.7. The monoisotopic (exact) mass is 365 g/mol. The third-order valence-corrected chi connectivity index (χ3v) is 5.20. The highest BCUT2D eigenvalue weighted by atomic mass is 32.2. The summed E-state index contributed by atoms with van der Waals surface area (Å²) in [5.41, 5.74) is 7.46. The van der Waals surface area contributed by atoms with Crippen molar-refractivity contribution in [2.24, 2.45) is 12.8 Å². The van der Waals surface area contributed by atoms with Crippen molar-refractivity contribution >= 4 is 34.3 Å². The number of carbonyl (C=O) groups excluding carboxylic acids is 1. The Balaban J connectivity index is 1.73. The van der Waals surface area contributed by atoms with Gasteiger partial charge in [-0.15, -0.1) is 10.2 Å². The second-order valence-electron chi connectivity index (χ2n) is 5.85. The van der Waals surface area contributed by atoms with Crippen molar-refractivity contribution in [1.29, 1.82) is 0 Å². The summed E-state index contributed by atoms with van der Waals surface area (Å²) in [5, 5.41) is 9.74. The first-order valence-corrected chi connectivity index (χ1v) is 8.89. The Morgan fingerprint density at radius 2 is 1.85 bits per heavy atom. The molecule has 8 heteroatoms. The van der Waals surface area contributed by atoms with E-state index in [0.29, 0.717) is 27.6 Å². The van der Waals surface area contributed by atoms with E-state index in [1.54, 1.807) is 25.2 Å². The number of aryl methyl sites for hydroxylation is 1. The van der Waals surface area contributed by atoms with E-state index in [2.05, 4.69) is 10.2 Å². The van der Waals surface area contributed by atoms with E-state index in [1.807, 2.05) is 34.7 Å². The van der Waals surface area contributed by atoms with Gasteiger partial charge in [-0.1, -0.05) is 36.0 Å². The van der Waals surface area contributed by atoms with Gasteiger partial charge in [0, 0.05) is 18.4 Å². The number of rotatable bonds is 4. The van der Waals surface area contributed by atoms with Crippen molar-refractivity contribution in [2.45, 2.75) is 10.9 Å². The van der Waals surface area contributed by atoms with Gasteiger partial charge in [-0.3, -0.25) is 18.6 Å². The predicted octanol–water partition coefficient (Wildman–Crippen LogP) is 1.97. The highest BCUT2D eigenvalue weighted by Crippen LogP contribution is 2.24. The molecule has 0 fully saturated rings. The quantitative estimate of drug-likeness (QED) is 0.558. The molecule has 0 saturated carbocycles. The lowest BCUT2D eigenvalue weighted by atomic mass is 10.1. The zero-order valence-electron chi connectivity index (χ0n) is 13.9. The minimum absolute atomic E-state index is 0.0981. The normalized spacial score (nSPS) is 11.3. The maximum atomic E-state index is 12.5. The number of aromatic nitrogens is 4. The molecule has 130 valence electrons. The largest absolute Gasteiger partial charge is 0.366 e. The van der Waals surface area contributed by atoms with E-state index in [0.717, 1.165) is 11.1 Å². The van der Waals surface area contributed by atoms with Crippen molar-refractivity contribution in [3.05, 3.63) is 70.0 Å². The number of amides is 1. The van der Waals surface area contributed by atoms with Crippen LogP contribution < -0.4 is 11.3 Å². The Kier molecular flexibility index (Phi) is 3.96. The molecule has 0 bridgehead atoms. The van der Waals surface area contributed by atoms with Crippen molar-refractivity contribution < 1.29 is 4.79 Å². The highest BCUT2D eigenvalue weighted by Gasteiger charge is 2.14. The minimum Gasteiger partial charge on any atom is -0.366 e. The number of hydrogen-bond acceptors (Lipinski definition) is 5. The number of nitrogens with zero attached hydrogens (tertiary/aromatic N) is 4. The summed E-state index contributed by atoms with van der Waals surface area (Å²) < 4.78 is 3.39. The molecular weight excluding hydrogens is 350 g/mol. The fourth-order valence-corrected chi connectivity index (χ4v) is 3.71. The van der Waals surface area contributed by atoms with Crippen LogP contribution in [0.1, 0.15) is 15.9 Å². The molecule has 0 unspecified atom stereocenters. The molecule has 2 aromatic heterocycles. The summed E-state index contributed by atoms with van der Waals surface area (Å²) in [6.45, 7) is 0. The first-order valence-electron chi connectivity index (χ1n) is 7.90. The van der Waals surface area contributed by atoms with Crippen LogP contribution in [0.3, 0.4) is 0 Å². The number of fused-ring (bicyclic) bond motifs is 3. The van der Waals surface area contributed by atoms with Crippen molar-refractivity contribution in [1.82, 2.24) is 19.2 Å². The van der Waals surface area contributed by atoms with Gasteiger partial charge >= 0.3 is 0 Å². The number of thioether (sulfide) groups is 1. The van der Waals surface area contributed by atoms with Crippen LogP contribution in [0.15, 0.2) is 58.5 Å². The van der Waals surface area contributed by atoms with Crippen molar-refractivity contribution in [3.63, 3.8) is 0 Å². The van der Waals surface area contributed by atoms with Gasteiger partial charge in [-0.2, -0.15) is 0 Å². The zero-order chi connectivity index (χ0) is 18.3. The second-order valence-corrected chi connectivity index (χ2v) is 6.79. The Morgan fingerprint density at radius 1 is 1.12 bits per heavy atom. The third-order valence-electron chi connectivity index (χ3n) is 4.20. The molecule has 0 atom stereocenters. The first kappa shape index (κ1) is 16.3. The number of carbonyl (C=O) groups is 1. The van der Waals surface area contributed by atoms with Crippen molar-refractivity contribution in [3.8, 4) is 0 Å². The highest BCUT2D eigenvalue weighted by molar-refractivity contribution is 7.98. The summed E-state index contributed by atoms with van der Waals surface area (Å²) >= 11 is 1.51. The number of benzene rings is 2. The molecule has 1 amide bonds. The second kappa shape index (κ2) is 6.30. The van der Waals surface area contributed by atoms with Crippen LogP contribution in [-0.4, -0.2) is 25.1 Å². The molecule has 0 aliphatic heterocycles. The number of hydrogen-bond donors (Lipinski definition) is 1. The fourth-order valence-electron chi connectivity index (χ4n) is 2.82. The van der Waals surface area contributed by atoms with Gasteiger partial charge in [0.15, 0.2) is 5.16 Å². The van der Waals surface area contributed by atoms with Gasteiger partial charge in [0.1, 0.15) is 0 Å². The van der Waals surface area contributed by atoms with Crippen molar-refractivity contribution in [2.75, 3.05) is 0 Å². The molecule has 2 aromatic carbocycles. The molecule has 26 heavy (non-hydrogen) atoms. The molecule has 0 radical (unpaired) electrons. The molecule has 2 heterocycles. The maximum absolute atomic E-state index is 12.5. The lowest BCUT2D eigenvalue weighted by molar-refractivity contribution is 0.100. The standard InChI is InChI=1S/C18H15N5O2S/c1-22-16(25)13-4-2-3-5-14(13)23-17(22)20-21-18(23)26-10-11-6-8-12(9-7-11)15(19)24/h2-9H,10H2,1H3,(H2,19,24). The van der Waals surface area contributed by atoms with Gasteiger partial charge < -0.3 is 5.73 Å². The maximum Gasteiger partial charge on any atom is 0.262 e. The summed E-state index contributed by atoms with van der Waals surface area (Å²) in [6, 6.07) is 14.6. The molecule has 0 saturated heterocycles. The summed E-state index contributed by atoms with van der Waals surface area (Å²) in [7, 11) is 1.69. The van der Waals surface area contributed by atoms with Crippen LogP contribution in [0.2, 0.25) is 0 Å². The molecule has 4 aromatic rings. The number of para-hydroxylation sites is 1. The molecule has 0 aliphatic rings. The van der Waals surface area contributed by atoms with Crippen LogP contribution in [0.25, 0.3) is 16.7 Å². The lowest BCUT2D eigenvalue weighted by Gasteiger charge is -2.07. The Bertz CT molecular complexity index is 1190. The molecule has 0 spiro atoms. The number of primary amides is 1. The molecule has 2 N–H and O–H groups in total. The molecular formula is C18H15N5O2S.